The van der Waals surface area contributed by atoms with E-state index < -0.39 is 0 Å². The van der Waals surface area contributed by atoms with Crippen LogP contribution >= 0.6 is 11.6 Å². The first-order chi connectivity index (χ1) is 7.17. The number of hydrogen-bond donors (Lipinski definition) is 1. The molecular formula is C13H24ClNO. The number of carbonyl (C=O) groups is 1. The van der Waals surface area contributed by atoms with E-state index in [1.165, 1.54) is 0 Å². The molecule has 0 aromatic rings. The second-order valence-electron chi connectivity index (χ2n) is 6.26. The molecule has 3 heteroatoms. The molecule has 1 N–H and O–H groups in total. The lowest BCUT2D eigenvalue weighted by Gasteiger charge is -2.33. The van der Waals surface area contributed by atoms with Gasteiger partial charge in [0.25, 0.3) is 0 Å². The summed E-state index contributed by atoms with van der Waals surface area (Å²) in [5.74, 6) is 0.308. The average Bonchev–Trinajstić information content (AvgIpc) is 2.43. The third kappa shape index (κ3) is 2.91. The number of alkyl halides is 1. The van der Waals surface area contributed by atoms with Crippen LogP contribution in [0.2, 0.25) is 0 Å². The number of hydrogen-bond acceptors (Lipinski definition) is 1. The minimum absolute atomic E-state index is 0.0686. The summed E-state index contributed by atoms with van der Waals surface area (Å²) in [6.07, 6.45) is 3.30. The highest BCUT2D eigenvalue weighted by atomic mass is 35.5. The zero-order valence-corrected chi connectivity index (χ0v) is 11.8. The van der Waals surface area contributed by atoms with Gasteiger partial charge < -0.3 is 5.32 Å². The molecular weight excluding hydrogens is 222 g/mol. The lowest BCUT2D eigenvalue weighted by Crippen LogP contribution is -2.52. The van der Waals surface area contributed by atoms with Crippen LogP contribution in [0.3, 0.4) is 0 Å². The molecule has 0 radical (unpaired) electrons. The minimum Gasteiger partial charge on any atom is -0.349 e. The fourth-order valence-electron chi connectivity index (χ4n) is 2.32. The third-order valence-electron chi connectivity index (χ3n) is 4.01. The van der Waals surface area contributed by atoms with Crippen LogP contribution in [0, 0.1) is 11.3 Å². The fraction of sp³-hybridized carbons (Fsp3) is 0.923. The van der Waals surface area contributed by atoms with E-state index in [-0.39, 0.29) is 28.2 Å². The molecule has 1 aliphatic rings. The summed E-state index contributed by atoms with van der Waals surface area (Å²) >= 11 is 6.08. The first kappa shape index (κ1) is 13.8. The molecule has 0 aromatic heterocycles. The Morgan fingerprint density at radius 1 is 1.50 bits per heavy atom. The highest BCUT2D eigenvalue weighted by molar-refractivity contribution is 6.21. The smallest absolute Gasteiger partial charge is 0.224 e. The normalized spacial score (nSPS) is 26.5. The summed E-state index contributed by atoms with van der Waals surface area (Å²) in [5, 5.41) is 3.01. The van der Waals surface area contributed by atoms with Gasteiger partial charge in [-0.3, -0.25) is 4.79 Å². The zero-order valence-electron chi connectivity index (χ0n) is 11.1. The first-order valence-electron chi connectivity index (χ1n) is 6.13. The Kier molecular flexibility index (Phi) is 3.94. The van der Waals surface area contributed by atoms with E-state index in [2.05, 4.69) is 19.2 Å². The molecule has 2 atom stereocenters. The maximum absolute atomic E-state index is 12.2. The summed E-state index contributed by atoms with van der Waals surface area (Å²) in [6, 6.07) is 0. The maximum atomic E-state index is 12.2. The van der Waals surface area contributed by atoms with Crippen molar-refractivity contribution < 1.29 is 4.79 Å². The third-order valence-corrected chi connectivity index (χ3v) is 4.56. The summed E-state index contributed by atoms with van der Waals surface area (Å²) in [5.41, 5.74) is -0.201. The monoisotopic (exact) mass is 245 g/mol. The van der Waals surface area contributed by atoms with E-state index >= 15 is 0 Å². The van der Waals surface area contributed by atoms with Crippen LogP contribution in [0.4, 0.5) is 0 Å². The molecule has 1 rings (SSSR count). The Morgan fingerprint density at radius 3 is 2.44 bits per heavy atom. The van der Waals surface area contributed by atoms with E-state index in [0.29, 0.717) is 0 Å². The van der Waals surface area contributed by atoms with Gasteiger partial charge in [-0.25, -0.2) is 0 Å². The van der Waals surface area contributed by atoms with Crippen molar-refractivity contribution in [1.82, 2.24) is 5.32 Å². The molecule has 1 fully saturated rings. The van der Waals surface area contributed by atoms with Crippen molar-refractivity contribution in [2.45, 2.75) is 64.8 Å². The van der Waals surface area contributed by atoms with E-state index in [0.717, 1.165) is 19.3 Å². The average molecular weight is 246 g/mol. The van der Waals surface area contributed by atoms with Crippen molar-refractivity contribution in [2.75, 3.05) is 0 Å². The topological polar surface area (TPSA) is 29.1 Å². The van der Waals surface area contributed by atoms with Crippen LogP contribution in [-0.4, -0.2) is 16.8 Å². The highest BCUT2D eigenvalue weighted by Crippen LogP contribution is 2.42. The molecule has 0 heterocycles. The second kappa shape index (κ2) is 4.56. The van der Waals surface area contributed by atoms with Crippen molar-refractivity contribution in [3.63, 3.8) is 0 Å². The Balaban J connectivity index is 2.66. The van der Waals surface area contributed by atoms with Crippen LogP contribution in [0.25, 0.3) is 0 Å². The number of amides is 1. The molecule has 1 amide bonds. The van der Waals surface area contributed by atoms with Crippen molar-refractivity contribution in [3.8, 4) is 0 Å². The second-order valence-corrected chi connectivity index (χ2v) is 6.91. The summed E-state index contributed by atoms with van der Waals surface area (Å²) < 4.78 is 0. The predicted molar refractivity (Wildman–Crippen MR) is 68.7 cm³/mol. The van der Waals surface area contributed by atoms with E-state index in [9.17, 15) is 4.79 Å². The lowest BCUT2D eigenvalue weighted by atomic mass is 9.81. The largest absolute Gasteiger partial charge is 0.349 e. The molecule has 1 saturated carbocycles. The van der Waals surface area contributed by atoms with Gasteiger partial charge in [0.05, 0.1) is 10.9 Å². The Hall–Kier alpha value is -0.240. The number of nitrogens with one attached hydrogen (secondary N) is 1. The maximum Gasteiger partial charge on any atom is 0.224 e. The quantitative estimate of drug-likeness (QED) is 0.760. The summed E-state index contributed by atoms with van der Waals surface area (Å²) in [7, 11) is 0. The van der Waals surface area contributed by atoms with Gasteiger partial charge >= 0.3 is 0 Å². The van der Waals surface area contributed by atoms with Gasteiger partial charge in [-0.2, -0.15) is 0 Å². The molecule has 0 bridgehead atoms. The minimum atomic E-state index is -0.336. The SMILES string of the molecule is CC(Cl)C(C)(C)NC(=O)C1CCCC1(C)C. The van der Waals surface area contributed by atoms with Gasteiger partial charge in [0.1, 0.15) is 0 Å². The van der Waals surface area contributed by atoms with Crippen molar-refractivity contribution in [3.05, 3.63) is 0 Å². The van der Waals surface area contributed by atoms with E-state index in [4.69, 9.17) is 11.6 Å². The standard InChI is InChI=1S/C13H24ClNO/c1-9(14)13(4,5)15-11(16)10-7-6-8-12(10,2)3/h9-10H,6-8H2,1-5H3,(H,15,16). The van der Waals surface area contributed by atoms with Crippen molar-refractivity contribution in [1.29, 1.82) is 0 Å². The van der Waals surface area contributed by atoms with Gasteiger partial charge in [-0.1, -0.05) is 20.3 Å². The van der Waals surface area contributed by atoms with Crippen molar-refractivity contribution >= 4 is 17.5 Å². The number of carbonyl (C=O) groups excluding carboxylic acids is 1. The molecule has 1 aliphatic carbocycles. The molecule has 0 aromatic carbocycles. The summed E-state index contributed by atoms with van der Waals surface area (Å²) in [4.78, 5) is 12.2. The van der Waals surface area contributed by atoms with Crippen molar-refractivity contribution in [2.24, 2.45) is 11.3 Å². The highest BCUT2D eigenvalue weighted by Gasteiger charge is 2.41. The lowest BCUT2D eigenvalue weighted by molar-refractivity contribution is -0.129. The van der Waals surface area contributed by atoms with E-state index in [1.54, 1.807) is 0 Å². The van der Waals surface area contributed by atoms with Gasteiger partial charge in [-0.05, 0) is 39.0 Å². The first-order valence-corrected chi connectivity index (χ1v) is 6.56. The fourth-order valence-corrected chi connectivity index (χ4v) is 2.37. The molecule has 0 spiro atoms. The van der Waals surface area contributed by atoms with Gasteiger partial charge in [0.2, 0.25) is 5.91 Å². The Morgan fingerprint density at radius 2 is 2.06 bits per heavy atom. The zero-order chi connectivity index (χ0) is 12.6. The summed E-state index contributed by atoms with van der Waals surface area (Å²) in [6.45, 7) is 10.2. The van der Waals surface area contributed by atoms with Gasteiger partial charge in [-0.15, -0.1) is 11.6 Å². The van der Waals surface area contributed by atoms with Crippen LogP contribution < -0.4 is 5.32 Å². The van der Waals surface area contributed by atoms with Crippen LogP contribution in [0.1, 0.15) is 53.9 Å². The number of rotatable bonds is 3. The molecule has 2 unspecified atom stereocenters. The number of halogens is 1. The van der Waals surface area contributed by atoms with Gasteiger partial charge in [0.15, 0.2) is 0 Å². The molecule has 94 valence electrons. The predicted octanol–water partition coefficient (Wildman–Crippen LogP) is 3.33. The van der Waals surface area contributed by atoms with Crippen LogP contribution in [-0.2, 0) is 4.79 Å². The molecule has 0 aliphatic heterocycles. The van der Waals surface area contributed by atoms with Crippen LogP contribution in [0.5, 0.6) is 0 Å². The molecule has 16 heavy (non-hydrogen) atoms. The van der Waals surface area contributed by atoms with Crippen LogP contribution in [0.15, 0.2) is 0 Å². The van der Waals surface area contributed by atoms with Gasteiger partial charge in [0, 0.05) is 5.92 Å². The molecule has 2 nitrogen and oxygen atoms in total. The Bertz CT molecular complexity index is 271. The Labute approximate surface area is 104 Å². The molecule has 0 saturated heterocycles. The van der Waals surface area contributed by atoms with E-state index in [1.807, 2.05) is 20.8 Å².